The van der Waals surface area contributed by atoms with Crippen LogP contribution in [0.3, 0.4) is 0 Å². The van der Waals surface area contributed by atoms with E-state index in [2.05, 4.69) is 4.99 Å². The van der Waals surface area contributed by atoms with Crippen molar-refractivity contribution in [3.63, 3.8) is 0 Å². The number of carbonyl (C=O) groups excluding carboxylic acids is 1. The van der Waals surface area contributed by atoms with Gasteiger partial charge in [-0.2, -0.15) is 13.2 Å². The van der Waals surface area contributed by atoms with E-state index in [9.17, 15) is 18.0 Å². The van der Waals surface area contributed by atoms with Crippen LogP contribution in [0.5, 0.6) is 0 Å². The van der Waals surface area contributed by atoms with Gasteiger partial charge in [0, 0.05) is 0 Å². The van der Waals surface area contributed by atoms with Gasteiger partial charge in [0.1, 0.15) is 6.21 Å². The molecule has 1 heterocycles. The van der Waals surface area contributed by atoms with Gasteiger partial charge in [-0.15, -0.1) is 0 Å². The summed E-state index contributed by atoms with van der Waals surface area (Å²) in [6.45, 7) is 0.262. The minimum absolute atomic E-state index is 0.262. The van der Waals surface area contributed by atoms with E-state index in [-0.39, 0.29) is 6.54 Å². The van der Waals surface area contributed by atoms with Gasteiger partial charge < -0.3 is 4.42 Å². The van der Waals surface area contributed by atoms with Gasteiger partial charge in [-0.3, -0.25) is 4.79 Å². The van der Waals surface area contributed by atoms with Gasteiger partial charge in [0.05, 0.1) is 12.7 Å². The van der Waals surface area contributed by atoms with Crippen molar-refractivity contribution in [1.82, 2.24) is 0 Å². The molecule has 0 saturated carbocycles. The Morgan fingerprint density at radius 2 is 2.27 bits per heavy atom. The minimum Gasteiger partial charge on any atom is -0.463 e. The molecule has 0 amide bonds. The van der Waals surface area contributed by atoms with E-state index in [4.69, 9.17) is 4.42 Å². The average molecular weight is 220 g/mol. The number of ketones is 1. The second-order valence-corrected chi connectivity index (χ2v) is 2.79. The molecule has 1 aromatic heterocycles. The van der Waals surface area contributed by atoms with Gasteiger partial charge in [0.2, 0.25) is 5.78 Å². The van der Waals surface area contributed by atoms with Crippen molar-refractivity contribution >= 4 is 12.0 Å². The molecule has 0 atom stereocenters. The Bertz CT molecular complexity index is 341. The Balaban J connectivity index is 2.32. The van der Waals surface area contributed by atoms with Gasteiger partial charge in [-0.1, -0.05) is 0 Å². The standard InChI is InChI=1S/C9H8F3NO2/c10-9(11,12)8(14)3-4-13-6-7-2-1-5-15-7/h1-2,4-5H,3,6H2/p+1. The molecule has 0 aliphatic heterocycles. The van der Waals surface area contributed by atoms with Crippen LogP contribution in [-0.2, 0) is 11.3 Å². The second-order valence-electron chi connectivity index (χ2n) is 2.79. The Morgan fingerprint density at radius 1 is 1.53 bits per heavy atom. The zero-order valence-electron chi connectivity index (χ0n) is 7.67. The van der Waals surface area contributed by atoms with Crippen LogP contribution in [0.2, 0.25) is 0 Å². The number of alkyl halides is 3. The van der Waals surface area contributed by atoms with Crippen LogP contribution >= 0.6 is 0 Å². The van der Waals surface area contributed by atoms with E-state index < -0.39 is 18.4 Å². The lowest BCUT2D eigenvalue weighted by atomic mass is 10.3. The molecule has 6 heteroatoms. The molecular weight excluding hydrogens is 211 g/mol. The van der Waals surface area contributed by atoms with E-state index in [0.29, 0.717) is 5.76 Å². The van der Waals surface area contributed by atoms with E-state index in [0.717, 1.165) is 6.21 Å². The number of hydrogen-bond acceptors (Lipinski definition) is 2. The third-order valence-electron chi connectivity index (χ3n) is 1.60. The summed E-state index contributed by atoms with van der Waals surface area (Å²) in [5, 5.41) is 0. The van der Waals surface area contributed by atoms with E-state index in [1.54, 1.807) is 12.1 Å². The summed E-state index contributed by atoms with van der Waals surface area (Å²) in [4.78, 5) is 13.0. The molecule has 1 aromatic rings. The van der Waals surface area contributed by atoms with Crippen LogP contribution in [0.15, 0.2) is 22.8 Å². The van der Waals surface area contributed by atoms with Crippen LogP contribution in [-0.4, -0.2) is 18.2 Å². The normalized spacial score (nSPS) is 12.2. The summed E-state index contributed by atoms with van der Waals surface area (Å²) in [6, 6.07) is 3.34. The second kappa shape index (κ2) is 4.77. The number of furan rings is 1. The monoisotopic (exact) mass is 220 g/mol. The quantitative estimate of drug-likeness (QED) is 0.749. The molecule has 3 nitrogen and oxygen atoms in total. The maximum absolute atomic E-state index is 11.7. The summed E-state index contributed by atoms with van der Waals surface area (Å²) < 4.78 is 40.1. The van der Waals surface area contributed by atoms with Crippen molar-refractivity contribution in [2.75, 3.05) is 0 Å². The highest BCUT2D eigenvalue weighted by molar-refractivity contribution is 5.93. The number of halogens is 3. The Kier molecular flexibility index (Phi) is 3.65. The highest BCUT2D eigenvalue weighted by Gasteiger charge is 2.37. The molecule has 0 bridgehead atoms. The smallest absolute Gasteiger partial charge is 0.450 e. The molecule has 0 spiro atoms. The Labute approximate surface area is 83.6 Å². The zero-order chi connectivity index (χ0) is 11.3. The number of Topliss-reactive ketones (excluding diaryl/α,β-unsaturated/α-hetero) is 1. The predicted octanol–water partition coefficient (Wildman–Crippen LogP) is 0.453. The lowest BCUT2D eigenvalue weighted by Crippen LogP contribution is -2.67. The topological polar surface area (TPSA) is 44.2 Å². The van der Waals surface area contributed by atoms with Crippen LogP contribution in [0.25, 0.3) is 0 Å². The summed E-state index contributed by atoms with van der Waals surface area (Å²) in [5.41, 5.74) is 0. The van der Waals surface area contributed by atoms with E-state index in [1.807, 2.05) is 0 Å². The van der Waals surface area contributed by atoms with Crippen LogP contribution in [0, 0.1) is 0 Å². The van der Waals surface area contributed by atoms with Crippen molar-refractivity contribution in [2.24, 2.45) is 0 Å². The van der Waals surface area contributed by atoms with Crippen molar-refractivity contribution in [3.05, 3.63) is 24.2 Å². The van der Waals surface area contributed by atoms with Gasteiger partial charge in [-0.25, -0.2) is 4.99 Å². The average Bonchev–Trinajstić information content (AvgIpc) is 2.63. The lowest BCUT2D eigenvalue weighted by molar-refractivity contribution is -0.473. The fourth-order valence-electron chi connectivity index (χ4n) is 0.867. The van der Waals surface area contributed by atoms with Crippen molar-refractivity contribution < 1.29 is 27.4 Å². The molecule has 0 saturated heterocycles. The highest BCUT2D eigenvalue weighted by atomic mass is 19.4. The number of hydrogen-bond donors (Lipinski definition) is 1. The molecule has 0 unspecified atom stereocenters. The first-order valence-corrected chi connectivity index (χ1v) is 4.17. The third kappa shape index (κ3) is 3.97. The van der Waals surface area contributed by atoms with Gasteiger partial charge in [0.15, 0.2) is 12.3 Å². The fourth-order valence-corrected chi connectivity index (χ4v) is 0.867. The van der Waals surface area contributed by atoms with Gasteiger partial charge in [0.25, 0.3) is 0 Å². The maximum Gasteiger partial charge on any atom is 0.450 e. The van der Waals surface area contributed by atoms with E-state index >= 15 is 0 Å². The molecule has 1 rings (SSSR count). The van der Waals surface area contributed by atoms with Crippen LogP contribution in [0.4, 0.5) is 13.2 Å². The molecule has 82 valence electrons. The first-order chi connectivity index (χ1) is 7.00. The largest absolute Gasteiger partial charge is 0.463 e. The minimum atomic E-state index is -4.76. The SMILES string of the molecule is O=C(CC=[NH+]Cc1ccco1)C(F)(F)F. The molecule has 15 heavy (non-hydrogen) atoms. The Morgan fingerprint density at radius 3 is 2.80 bits per heavy atom. The van der Waals surface area contributed by atoms with Gasteiger partial charge in [-0.05, 0) is 12.1 Å². The van der Waals surface area contributed by atoms with Crippen LogP contribution in [0.1, 0.15) is 12.2 Å². The predicted molar refractivity (Wildman–Crippen MR) is 45.1 cm³/mol. The number of rotatable bonds is 4. The van der Waals surface area contributed by atoms with Gasteiger partial charge >= 0.3 is 6.18 Å². The van der Waals surface area contributed by atoms with E-state index in [1.165, 1.54) is 6.26 Å². The molecule has 0 aliphatic rings. The number of carbonyl (C=O) groups is 1. The summed E-state index contributed by atoms with van der Waals surface area (Å²) in [7, 11) is 0. The molecule has 1 N–H and O–H groups in total. The summed E-state index contributed by atoms with van der Waals surface area (Å²) >= 11 is 0. The molecule has 0 fully saturated rings. The third-order valence-corrected chi connectivity index (χ3v) is 1.60. The van der Waals surface area contributed by atoms with Crippen molar-refractivity contribution in [3.8, 4) is 0 Å². The van der Waals surface area contributed by atoms with Crippen molar-refractivity contribution in [1.29, 1.82) is 0 Å². The van der Waals surface area contributed by atoms with Crippen molar-refractivity contribution in [2.45, 2.75) is 19.1 Å². The first kappa shape index (κ1) is 11.5. The zero-order valence-corrected chi connectivity index (χ0v) is 7.67. The first-order valence-electron chi connectivity index (χ1n) is 4.17. The lowest BCUT2D eigenvalue weighted by Gasteiger charge is -1.99. The molecule has 0 aliphatic carbocycles. The summed E-state index contributed by atoms with van der Waals surface area (Å²) in [6.07, 6.45) is -2.91. The number of nitrogens with one attached hydrogen (secondary N) is 1. The highest BCUT2D eigenvalue weighted by Crippen LogP contribution is 2.16. The maximum atomic E-state index is 11.7. The molecule has 0 aromatic carbocycles. The molecule has 0 radical (unpaired) electrons. The van der Waals surface area contributed by atoms with Crippen LogP contribution < -0.4 is 4.99 Å². The fraction of sp³-hybridized carbons (Fsp3) is 0.333. The Hall–Kier alpha value is -1.59. The summed E-state index contributed by atoms with van der Waals surface area (Å²) in [5.74, 6) is -1.18. The molecular formula is C9H9F3NO2+.